The number of rotatable bonds is 1. The molecule has 1 atom stereocenters. The van der Waals surface area contributed by atoms with Gasteiger partial charge in [-0.1, -0.05) is 0 Å². The number of carbonyl (C=O) groups excluding carboxylic acids is 1. The molecule has 0 saturated carbocycles. The smallest absolute Gasteiger partial charge is 0.387 e. The molecule has 100 valence electrons. The van der Waals surface area contributed by atoms with Crippen LogP contribution in [-0.2, 0) is 9.59 Å². The first kappa shape index (κ1) is 11.6. The van der Waals surface area contributed by atoms with Gasteiger partial charge in [-0.25, -0.2) is 4.79 Å². The van der Waals surface area contributed by atoms with Gasteiger partial charge in [-0.05, 0) is 0 Å². The Labute approximate surface area is 108 Å². The van der Waals surface area contributed by atoms with E-state index in [0.717, 1.165) is 0 Å². The van der Waals surface area contributed by atoms with E-state index in [0.29, 0.717) is 17.2 Å². The van der Waals surface area contributed by atoms with Crippen LogP contribution in [0.25, 0.3) is 0 Å². The Morgan fingerprint density at radius 2 is 2.00 bits per heavy atom. The van der Waals surface area contributed by atoms with Gasteiger partial charge in [0.1, 0.15) is 5.75 Å². The maximum absolute atomic E-state index is 11.7. The van der Waals surface area contributed by atoms with E-state index in [9.17, 15) is 9.59 Å². The number of ether oxygens (including phenoxy) is 3. The van der Waals surface area contributed by atoms with Crippen LogP contribution in [0.3, 0.4) is 0 Å². The summed E-state index contributed by atoms with van der Waals surface area (Å²) in [6, 6.07) is 3.10. The van der Waals surface area contributed by atoms with Gasteiger partial charge in [0.25, 0.3) is 0 Å². The maximum atomic E-state index is 11.7. The molecule has 7 heteroatoms. The lowest BCUT2D eigenvalue weighted by Gasteiger charge is -2.16. The average molecular weight is 265 g/mol. The third kappa shape index (κ3) is 1.83. The fourth-order valence-electron chi connectivity index (χ4n) is 2.00. The molecule has 1 aromatic carbocycles. The Hall–Kier alpha value is -2.44. The topological polar surface area (TPSA) is 85.3 Å². The van der Waals surface area contributed by atoms with Crippen molar-refractivity contribution in [2.24, 2.45) is 0 Å². The van der Waals surface area contributed by atoms with E-state index in [1.165, 1.54) is 4.90 Å². The van der Waals surface area contributed by atoms with Crippen molar-refractivity contribution in [1.82, 2.24) is 0 Å². The predicted molar refractivity (Wildman–Crippen MR) is 62.6 cm³/mol. The Kier molecular flexibility index (Phi) is 2.48. The number of anilines is 1. The van der Waals surface area contributed by atoms with Gasteiger partial charge in [-0.2, -0.15) is 0 Å². The van der Waals surface area contributed by atoms with Crippen LogP contribution in [0.1, 0.15) is 6.42 Å². The van der Waals surface area contributed by atoms with Crippen LogP contribution < -0.4 is 19.1 Å². The van der Waals surface area contributed by atoms with Crippen molar-refractivity contribution in [3.63, 3.8) is 0 Å². The molecule has 0 aromatic heterocycles. The quantitative estimate of drug-likeness (QED) is 0.801. The summed E-state index contributed by atoms with van der Waals surface area (Å²) in [4.78, 5) is 24.0. The highest BCUT2D eigenvalue weighted by Gasteiger charge is 2.33. The van der Waals surface area contributed by atoms with E-state index in [2.05, 4.69) is 0 Å². The zero-order chi connectivity index (χ0) is 13.6. The molecule has 0 spiro atoms. The van der Waals surface area contributed by atoms with E-state index < -0.39 is 12.3 Å². The van der Waals surface area contributed by atoms with Crippen LogP contribution in [-0.4, -0.2) is 36.9 Å². The van der Waals surface area contributed by atoms with E-state index in [-0.39, 0.29) is 24.7 Å². The number of carboxylic acid groups (broad SMARTS) is 1. The lowest BCUT2D eigenvalue weighted by Crippen LogP contribution is -2.28. The third-order valence-corrected chi connectivity index (χ3v) is 3.00. The minimum absolute atomic E-state index is 0.0765. The molecule has 0 aliphatic carbocycles. The summed E-state index contributed by atoms with van der Waals surface area (Å²) in [5.74, 6) is -0.226. The molecule has 2 aliphatic heterocycles. The van der Waals surface area contributed by atoms with Gasteiger partial charge in [0, 0.05) is 19.2 Å². The molecule has 0 saturated heterocycles. The summed E-state index contributed by atoms with van der Waals surface area (Å²) in [7, 11) is 1.63. The van der Waals surface area contributed by atoms with Gasteiger partial charge in [0.15, 0.2) is 11.5 Å². The number of amides is 1. The van der Waals surface area contributed by atoms with Crippen molar-refractivity contribution >= 4 is 17.6 Å². The number of nitrogens with zero attached hydrogens (tertiary/aromatic N) is 1. The monoisotopic (exact) mass is 265 g/mol. The van der Waals surface area contributed by atoms with Gasteiger partial charge < -0.3 is 24.2 Å². The Bertz CT molecular complexity index is 570. The van der Waals surface area contributed by atoms with Crippen LogP contribution in [0.4, 0.5) is 5.69 Å². The van der Waals surface area contributed by atoms with Gasteiger partial charge in [0.2, 0.25) is 5.91 Å². The molecular formula is C12H11NO6. The number of carbonyl (C=O) groups is 2. The summed E-state index contributed by atoms with van der Waals surface area (Å²) in [6.45, 7) is 0.276. The first-order valence-corrected chi connectivity index (χ1v) is 5.70. The third-order valence-electron chi connectivity index (χ3n) is 3.00. The first-order chi connectivity index (χ1) is 9.06. The van der Waals surface area contributed by atoms with Crippen LogP contribution in [0.2, 0.25) is 0 Å². The highest BCUT2D eigenvalue weighted by molar-refractivity contribution is 5.95. The zero-order valence-corrected chi connectivity index (χ0v) is 10.1. The van der Waals surface area contributed by atoms with Crippen molar-refractivity contribution < 1.29 is 28.9 Å². The molecule has 1 aromatic rings. The second-order valence-electron chi connectivity index (χ2n) is 4.22. The SMILES string of the molecule is CN1C(=O)CCOc2cc3c(cc21)OC(C(=O)O)O3. The summed E-state index contributed by atoms with van der Waals surface area (Å²) in [5, 5.41) is 8.84. The number of fused-ring (bicyclic) bond motifs is 2. The maximum Gasteiger partial charge on any atom is 0.387 e. The number of benzene rings is 1. The van der Waals surface area contributed by atoms with Crippen molar-refractivity contribution in [2.75, 3.05) is 18.6 Å². The highest BCUT2D eigenvalue weighted by Crippen LogP contribution is 2.44. The molecule has 1 N–H and O–H groups in total. The van der Waals surface area contributed by atoms with Crippen LogP contribution >= 0.6 is 0 Å². The van der Waals surface area contributed by atoms with E-state index in [4.69, 9.17) is 19.3 Å². The second-order valence-corrected chi connectivity index (χ2v) is 4.22. The molecule has 1 amide bonds. The first-order valence-electron chi connectivity index (χ1n) is 5.70. The number of carboxylic acids is 1. The zero-order valence-electron chi connectivity index (χ0n) is 10.1. The Morgan fingerprint density at radius 1 is 1.32 bits per heavy atom. The fraction of sp³-hybridized carbons (Fsp3) is 0.333. The Morgan fingerprint density at radius 3 is 2.68 bits per heavy atom. The number of aliphatic carboxylic acids is 1. The molecule has 2 heterocycles. The molecule has 19 heavy (non-hydrogen) atoms. The molecular weight excluding hydrogens is 254 g/mol. The molecule has 0 fully saturated rings. The summed E-state index contributed by atoms with van der Waals surface area (Å²) in [6.07, 6.45) is -1.07. The normalized spacial score (nSPS) is 20.6. The van der Waals surface area contributed by atoms with Crippen LogP contribution in [0.5, 0.6) is 17.2 Å². The summed E-state index contributed by atoms with van der Waals surface area (Å²) >= 11 is 0. The van der Waals surface area contributed by atoms with E-state index in [1.54, 1.807) is 19.2 Å². The molecule has 0 radical (unpaired) electrons. The molecule has 7 nitrogen and oxygen atoms in total. The Balaban J connectivity index is 2.01. The largest absolute Gasteiger partial charge is 0.491 e. The van der Waals surface area contributed by atoms with Gasteiger partial charge in [-0.3, -0.25) is 4.79 Å². The summed E-state index contributed by atoms with van der Waals surface area (Å²) < 4.78 is 15.7. The van der Waals surface area contributed by atoms with Gasteiger partial charge in [-0.15, -0.1) is 0 Å². The van der Waals surface area contributed by atoms with E-state index >= 15 is 0 Å². The van der Waals surface area contributed by atoms with Gasteiger partial charge in [0.05, 0.1) is 18.7 Å². The molecule has 1 unspecified atom stereocenters. The average Bonchev–Trinajstić information content (AvgIpc) is 2.74. The van der Waals surface area contributed by atoms with Crippen LogP contribution in [0.15, 0.2) is 12.1 Å². The lowest BCUT2D eigenvalue weighted by molar-refractivity contribution is -0.154. The second kappa shape index (κ2) is 4.04. The fourth-order valence-corrected chi connectivity index (χ4v) is 2.00. The van der Waals surface area contributed by atoms with Crippen molar-refractivity contribution in [1.29, 1.82) is 0 Å². The number of hydrogen-bond donors (Lipinski definition) is 1. The standard InChI is InChI=1S/C12H11NO6/c1-13-6-4-8-9(19-12(18-8)11(15)16)5-7(6)17-3-2-10(13)14/h4-5,12H,2-3H2,1H3,(H,15,16). The van der Waals surface area contributed by atoms with Crippen molar-refractivity contribution in [3.05, 3.63) is 12.1 Å². The summed E-state index contributed by atoms with van der Waals surface area (Å²) in [5.41, 5.74) is 0.538. The number of hydrogen-bond acceptors (Lipinski definition) is 5. The predicted octanol–water partition coefficient (Wildman–Crippen LogP) is 0.614. The lowest BCUT2D eigenvalue weighted by atomic mass is 10.2. The minimum atomic E-state index is -1.36. The van der Waals surface area contributed by atoms with Crippen molar-refractivity contribution in [2.45, 2.75) is 12.7 Å². The molecule has 0 bridgehead atoms. The van der Waals surface area contributed by atoms with Gasteiger partial charge >= 0.3 is 12.3 Å². The van der Waals surface area contributed by atoms with Crippen LogP contribution in [0, 0.1) is 0 Å². The molecule has 3 rings (SSSR count). The van der Waals surface area contributed by atoms with E-state index in [1.807, 2.05) is 0 Å². The van der Waals surface area contributed by atoms with Crippen molar-refractivity contribution in [3.8, 4) is 17.2 Å². The highest BCUT2D eigenvalue weighted by atomic mass is 16.7. The molecule has 2 aliphatic rings. The minimum Gasteiger partial charge on any atom is -0.491 e.